The Balaban J connectivity index is 1.96. The molecule has 2 aromatic carbocycles. The predicted molar refractivity (Wildman–Crippen MR) is 111 cm³/mol. The van der Waals surface area contributed by atoms with Gasteiger partial charge < -0.3 is 9.47 Å². The molecule has 1 saturated heterocycles. The second kappa shape index (κ2) is 8.63. The third kappa shape index (κ3) is 4.20. The number of carbonyl (C=O) groups excluding carboxylic acids is 2. The van der Waals surface area contributed by atoms with Gasteiger partial charge >= 0.3 is 0 Å². The summed E-state index contributed by atoms with van der Waals surface area (Å²) >= 11 is 4.43. The molecular weight excluding hydrogens is 430 g/mol. The van der Waals surface area contributed by atoms with Gasteiger partial charge in [0.15, 0.2) is 11.5 Å². The Hall–Kier alpha value is -2.25. The highest BCUT2D eigenvalue weighted by atomic mass is 79.9. The number of thioether (sulfide) groups is 1. The molecule has 2 amide bonds. The highest BCUT2D eigenvalue weighted by molar-refractivity contribution is 9.10. The maximum Gasteiger partial charge on any atom is 0.298 e. The highest BCUT2D eigenvalue weighted by Gasteiger charge is 2.36. The highest BCUT2D eigenvalue weighted by Crippen LogP contribution is 2.39. The van der Waals surface area contributed by atoms with Gasteiger partial charge in [-0.2, -0.15) is 0 Å². The zero-order valence-electron chi connectivity index (χ0n) is 14.9. The van der Waals surface area contributed by atoms with E-state index in [-0.39, 0.29) is 11.1 Å². The Morgan fingerprint density at radius 2 is 1.67 bits per heavy atom. The number of carbonyl (C=O) groups is 2. The Morgan fingerprint density at radius 3 is 2.30 bits per heavy atom. The zero-order chi connectivity index (χ0) is 19.4. The van der Waals surface area contributed by atoms with Gasteiger partial charge in [0.25, 0.3) is 11.1 Å². The molecular formula is C20H18BrNO4S. The van der Waals surface area contributed by atoms with Crippen LogP contribution in [0.25, 0.3) is 6.08 Å². The van der Waals surface area contributed by atoms with Crippen LogP contribution in [0.3, 0.4) is 0 Å². The van der Waals surface area contributed by atoms with Gasteiger partial charge in [-0.25, -0.2) is 4.90 Å². The average Bonchev–Trinajstić information content (AvgIpc) is 2.93. The number of amides is 2. The lowest BCUT2D eigenvalue weighted by molar-refractivity contribution is -0.113. The quantitative estimate of drug-likeness (QED) is 0.548. The van der Waals surface area contributed by atoms with E-state index in [1.165, 1.54) is 4.90 Å². The molecule has 0 atom stereocenters. The summed E-state index contributed by atoms with van der Waals surface area (Å²) in [6.45, 7) is 4.80. The predicted octanol–water partition coefficient (Wildman–Crippen LogP) is 5.49. The van der Waals surface area contributed by atoms with Crippen LogP contribution in [0.1, 0.15) is 19.4 Å². The molecule has 1 fully saturated rings. The average molecular weight is 448 g/mol. The molecule has 1 aliphatic rings. The fraction of sp³-hybridized carbons (Fsp3) is 0.200. The largest absolute Gasteiger partial charge is 0.490 e. The number of para-hydroxylation sites is 1. The van der Waals surface area contributed by atoms with Crippen molar-refractivity contribution in [3.05, 3.63) is 57.4 Å². The molecule has 3 rings (SSSR count). The summed E-state index contributed by atoms with van der Waals surface area (Å²) in [4.78, 5) is 26.6. The van der Waals surface area contributed by atoms with Gasteiger partial charge in [0, 0.05) is 4.47 Å². The first-order valence-corrected chi connectivity index (χ1v) is 10.1. The summed E-state index contributed by atoms with van der Waals surface area (Å²) in [5.74, 6) is 0.881. The van der Waals surface area contributed by atoms with Crippen LogP contribution in [0.2, 0.25) is 0 Å². The van der Waals surface area contributed by atoms with E-state index >= 15 is 0 Å². The van der Waals surface area contributed by atoms with Gasteiger partial charge in [-0.3, -0.25) is 9.59 Å². The first-order chi connectivity index (χ1) is 13.0. The van der Waals surface area contributed by atoms with E-state index in [1.54, 1.807) is 36.4 Å². The molecule has 0 aromatic heterocycles. The van der Waals surface area contributed by atoms with Crippen molar-refractivity contribution in [3.8, 4) is 11.5 Å². The number of imide groups is 1. The van der Waals surface area contributed by atoms with Gasteiger partial charge in [0.2, 0.25) is 0 Å². The number of rotatable bonds is 6. The van der Waals surface area contributed by atoms with Crippen molar-refractivity contribution >= 4 is 50.6 Å². The third-order valence-electron chi connectivity index (χ3n) is 3.76. The molecule has 1 heterocycles. The maximum absolute atomic E-state index is 12.8. The second-order valence-electron chi connectivity index (χ2n) is 5.54. The summed E-state index contributed by atoms with van der Waals surface area (Å²) < 4.78 is 12.0. The zero-order valence-corrected chi connectivity index (χ0v) is 17.3. The topological polar surface area (TPSA) is 55.8 Å². The third-order valence-corrected chi connectivity index (χ3v) is 5.31. The molecule has 0 aliphatic carbocycles. The van der Waals surface area contributed by atoms with E-state index in [0.29, 0.717) is 35.3 Å². The lowest BCUT2D eigenvalue weighted by Gasteiger charge is -2.13. The monoisotopic (exact) mass is 447 g/mol. The first-order valence-electron chi connectivity index (χ1n) is 8.47. The van der Waals surface area contributed by atoms with E-state index in [9.17, 15) is 9.59 Å². The maximum atomic E-state index is 12.8. The molecule has 0 bridgehead atoms. The molecule has 2 aromatic rings. The van der Waals surface area contributed by atoms with E-state index in [2.05, 4.69) is 15.9 Å². The molecule has 0 radical (unpaired) electrons. The van der Waals surface area contributed by atoms with E-state index < -0.39 is 0 Å². The standard InChI is InChI=1S/C20H18BrNO4S/c1-3-25-16-10-13(15(21)12-17(16)26-4-2)11-18-19(23)22(20(24)27-18)14-8-6-5-7-9-14/h5-12H,3-4H2,1-2H3/b18-11-. The minimum absolute atomic E-state index is 0.315. The summed E-state index contributed by atoms with van der Waals surface area (Å²) in [6, 6.07) is 12.5. The number of nitrogens with zero attached hydrogens (tertiary/aromatic N) is 1. The lowest BCUT2D eigenvalue weighted by atomic mass is 10.1. The molecule has 0 spiro atoms. The summed E-state index contributed by atoms with van der Waals surface area (Å²) in [5.41, 5.74) is 1.30. The van der Waals surface area contributed by atoms with Crippen LogP contribution in [0.5, 0.6) is 11.5 Å². The van der Waals surface area contributed by atoms with Gasteiger partial charge in [-0.15, -0.1) is 0 Å². The number of benzene rings is 2. The van der Waals surface area contributed by atoms with E-state index in [1.807, 2.05) is 26.0 Å². The fourth-order valence-corrected chi connectivity index (χ4v) is 3.88. The van der Waals surface area contributed by atoms with Gasteiger partial charge in [-0.1, -0.05) is 34.1 Å². The SMILES string of the molecule is CCOc1cc(Br)c(/C=C2\SC(=O)N(c3ccccc3)C2=O)cc1OCC. The van der Waals surface area contributed by atoms with Crippen molar-refractivity contribution in [2.24, 2.45) is 0 Å². The lowest BCUT2D eigenvalue weighted by Crippen LogP contribution is -2.27. The molecule has 5 nitrogen and oxygen atoms in total. The van der Waals surface area contributed by atoms with Crippen LogP contribution in [-0.4, -0.2) is 24.4 Å². The van der Waals surface area contributed by atoms with Gasteiger partial charge in [-0.05, 0) is 61.5 Å². The Kier molecular flexibility index (Phi) is 6.23. The summed E-state index contributed by atoms with van der Waals surface area (Å²) in [5, 5.41) is -0.315. The van der Waals surface area contributed by atoms with Crippen LogP contribution in [0, 0.1) is 0 Å². The second-order valence-corrected chi connectivity index (χ2v) is 7.39. The summed E-state index contributed by atoms with van der Waals surface area (Å²) in [6.07, 6.45) is 1.69. The minimum Gasteiger partial charge on any atom is -0.490 e. The number of anilines is 1. The molecule has 0 N–H and O–H groups in total. The van der Waals surface area contributed by atoms with Crippen molar-refractivity contribution in [2.45, 2.75) is 13.8 Å². The number of hydrogen-bond donors (Lipinski definition) is 0. The van der Waals surface area contributed by atoms with Crippen LogP contribution >= 0.6 is 27.7 Å². The normalized spacial score (nSPS) is 15.5. The first kappa shape index (κ1) is 19.5. The van der Waals surface area contributed by atoms with Gasteiger partial charge in [0.05, 0.1) is 23.8 Å². The van der Waals surface area contributed by atoms with Crippen LogP contribution in [0.15, 0.2) is 51.8 Å². The van der Waals surface area contributed by atoms with Crippen LogP contribution in [0.4, 0.5) is 10.5 Å². The van der Waals surface area contributed by atoms with E-state index in [4.69, 9.17) is 9.47 Å². The number of ether oxygens (including phenoxy) is 2. The molecule has 0 unspecified atom stereocenters. The minimum atomic E-state index is -0.338. The Bertz CT molecular complexity index is 898. The Morgan fingerprint density at radius 1 is 1.04 bits per heavy atom. The smallest absolute Gasteiger partial charge is 0.298 e. The van der Waals surface area contributed by atoms with Crippen LogP contribution in [-0.2, 0) is 4.79 Å². The molecule has 1 aliphatic heterocycles. The fourth-order valence-electron chi connectivity index (χ4n) is 2.61. The molecule has 27 heavy (non-hydrogen) atoms. The molecule has 140 valence electrons. The van der Waals surface area contributed by atoms with Crippen molar-refractivity contribution in [3.63, 3.8) is 0 Å². The van der Waals surface area contributed by atoms with Crippen molar-refractivity contribution in [2.75, 3.05) is 18.1 Å². The van der Waals surface area contributed by atoms with Crippen LogP contribution < -0.4 is 14.4 Å². The van der Waals surface area contributed by atoms with Gasteiger partial charge in [0.1, 0.15) is 0 Å². The number of halogens is 1. The van der Waals surface area contributed by atoms with E-state index in [0.717, 1.165) is 21.8 Å². The van der Waals surface area contributed by atoms with Crippen molar-refractivity contribution in [1.29, 1.82) is 0 Å². The summed E-state index contributed by atoms with van der Waals surface area (Å²) in [7, 11) is 0. The Labute approximate surface area is 170 Å². The van der Waals surface area contributed by atoms with Crippen molar-refractivity contribution < 1.29 is 19.1 Å². The number of hydrogen-bond acceptors (Lipinski definition) is 5. The molecule has 0 saturated carbocycles. The van der Waals surface area contributed by atoms with Crippen molar-refractivity contribution in [1.82, 2.24) is 0 Å². The molecule has 7 heteroatoms.